The van der Waals surface area contributed by atoms with Crippen LogP contribution in [0, 0.1) is 5.82 Å². The van der Waals surface area contributed by atoms with E-state index in [4.69, 9.17) is 4.74 Å². The lowest BCUT2D eigenvalue weighted by molar-refractivity contribution is -0.143. The third-order valence-electron chi connectivity index (χ3n) is 2.43. The summed E-state index contributed by atoms with van der Waals surface area (Å²) < 4.78 is 17.8. The summed E-state index contributed by atoms with van der Waals surface area (Å²) in [6.45, 7) is 0. The van der Waals surface area contributed by atoms with Crippen molar-refractivity contribution in [3.05, 3.63) is 47.5 Å². The zero-order chi connectivity index (χ0) is 12.3. The third kappa shape index (κ3) is 3.24. The van der Waals surface area contributed by atoms with Crippen molar-refractivity contribution >= 4 is 11.8 Å². The van der Waals surface area contributed by atoms with Gasteiger partial charge in [0.1, 0.15) is 18.0 Å². The van der Waals surface area contributed by atoms with Crippen molar-refractivity contribution in [3.63, 3.8) is 0 Å². The number of esters is 1. The molecule has 88 valence electrons. The van der Waals surface area contributed by atoms with Gasteiger partial charge in [-0.15, -0.1) is 0 Å². The molecule has 1 aliphatic heterocycles. The number of halogens is 1. The highest BCUT2D eigenvalue weighted by Gasteiger charge is 2.18. The summed E-state index contributed by atoms with van der Waals surface area (Å²) in [6, 6.07) is 6.20. The number of carbonyl (C=O) groups is 2. The van der Waals surface area contributed by atoms with Crippen molar-refractivity contribution in [1.29, 1.82) is 0 Å². The summed E-state index contributed by atoms with van der Waals surface area (Å²) in [5.41, 5.74) is 0.806. The van der Waals surface area contributed by atoms with Crippen LogP contribution < -0.4 is 0 Å². The van der Waals surface area contributed by atoms with Crippen LogP contribution in [0.5, 0.6) is 0 Å². The number of rotatable bonds is 3. The van der Waals surface area contributed by atoms with Crippen molar-refractivity contribution < 1.29 is 18.7 Å². The van der Waals surface area contributed by atoms with Crippen molar-refractivity contribution in [2.75, 3.05) is 0 Å². The van der Waals surface area contributed by atoms with E-state index in [9.17, 15) is 14.0 Å². The molecule has 0 amide bonds. The molecule has 1 aliphatic rings. The quantitative estimate of drug-likeness (QED) is 0.594. The Labute approximate surface area is 97.9 Å². The Morgan fingerprint density at radius 3 is 2.76 bits per heavy atom. The van der Waals surface area contributed by atoms with E-state index < -0.39 is 5.97 Å². The first-order valence-electron chi connectivity index (χ1n) is 5.32. The lowest BCUT2D eigenvalue weighted by Gasteiger charge is -2.12. The van der Waals surface area contributed by atoms with Gasteiger partial charge in [-0.1, -0.05) is 12.1 Å². The van der Waals surface area contributed by atoms with Crippen LogP contribution in [-0.4, -0.2) is 11.8 Å². The fraction of sp³-hybridized carbons (Fsp3) is 0.231. The third-order valence-corrected chi connectivity index (χ3v) is 2.43. The first-order chi connectivity index (χ1) is 8.13. The van der Waals surface area contributed by atoms with Crippen molar-refractivity contribution in [2.45, 2.75) is 19.3 Å². The molecule has 2 rings (SSSR count). The van der Waals surface area contributed by atoms with Gasteiger partial charge in [-0.3, -0.25) is 9.59 Å². The van der Waals surface area contributed by atoms with Gasteiger partial charge in [-0.05, 0) is 24.1 Å². The first-order valence-corrected chi connectivity index (χ1v) is 5.32. The van der Waals surface area contributed by atoms with E-state index in [-0.39, 0.29) is 18.0 Å². The van der Waals surface area contributed by atoms with E-state index in [1.165, 1.54) is 18.2 Å². The first kappa shape index (κ1) is 11.5. The standard InChI is InChI=1S/C13H11FO3/c14-10-3-1-2-9(6-10)4-5-12-7-11(15)8-13(16)17-12/h1-3,6-7H,4-5,8H2. The minimum absolute atomic E-state index is 0.191. The van der Waals surface area contributed by atoms with E-state index in [1.807, 2.05) is 0 Å². The van der Waals surface area contributed by atoms with Crippen molar-refractivity contribution in [1.82, 2.24) is 0 Å². The highest BCUT2D eigenvalue weighted by Crippen LogP contribution is 2.16. The number of hydrogen-bond acceptors (Lipinski definition) is 3. The van der Waals surface area contributed by atoms with E-state index in [1.54, 1.807) is 12.1 Å². The minimum atomic E-state index is -0.522. The molecule has 1 aromatic carbocycles. The lowest BCUT2D eigenvalue weighted by atomic mass is 10.1. The summed E-state index contributed by atoms with van der Waals surface area (Å²) in [5, 5.41) is 0. The zero-order valence-corrected chi connectivity index (χ0v) is 9.11. The molecule has 0 spiro atoms. The highest BCUT2D eigenvalue weighted by atomic mass is 19.1. The lowest BCUT2D eigenvalue weighted by Crippen LogP contribution is -2.16. The molecule has 0 radical (unpaired) electrons. The molecule has 17 heavy (non-hydrogen) atoms. The van der Waals surface area contributed by atoms with Crippen molar-refractivity contribution in [2.24, 2.45) is 0 Å². The number of ketones is 1. The van der Waals surface area contributed by atoms with E-state index in [0.717, 1.165) is 5.56 Å². The average molecular weight is 234 g/mol. The van der Waals surface area contributed by atoms with Crippen LogP contribution in [0.3, 0.4) is 0 Å². The van der Waals surface area contributed by atoms with Crippen LogP contribution in [0.1, 0.15) is 18.4 Å². The summed E-state index contributed by atoms with van der Waals surface area (Å²) in [6.07, 6.45) is 2.09. The van der Waals surface area contributed by atoms with Gasteiger partial charge in [0.15, 0.2) is 5.78 Å². The topological polar surface area (TPSA) is 43.4 Å². The molecule has 0 atom stereocenters. The molecule has 0 saturated carbocycles. The molecule has 0 unspecified atom stereocenters. The second kappa shape index (κ2) is 4.91. The Morgan fingerprint density at radius 2 is 2.06 bits per heavy atom. The van der Waals surface area contributed by atoms with Gasteiger partial charge in [0.2, 0.25) is 0 Å². The summed E-state index contributed by atoms with van der Waals surface area (Å²) >= 11 is 0. The number of cyclic esters (lactones) is 1. The van der Waals surface area contributed by atoms with Gasteiger partial charge < -0.3 is 4.74 Å². The van der Waals surface area contributed by atoms with Gasteiger partial charge >= 0.3 is 5.97 Å². The largest absolute Gasteiger partial charge is 0.431 e. The molecule has 1 heterocycles. The monoisotopic (exact) mass is 234 g/mol. The number of hydrogen-bond donors (Lipinski definition) is 0. The van der Waals surface area contributed by atoms with E-state index in [0.29, 0.717) is 18.6 Å². The highest BCUT2D eigenvalue weighted by molar-refractivity contribution is 6.04. The Kier molecular flexibility index (Phi) is 3.32. The van der Waals surface area contributed by atoms with Crippen LogP contribution in [0.2, 0.25) is 0 Å². The molecular formula is C13H11FO3. The van der Waals surface area contributed by atoms with Crippen LogP contribution in [-0.2, 0) is 20.7 Å². The van der Waals surface area contributed by atoms with Crippen LogP contribution >= 0.6 is 0 Å². The van der Waals surface area contributed by atoms with Gasteiger partial charge in [0.25, 0.3) is 0 Å². The van der Waals surface area contributed by atoms with E-state index in [2.05, 4.69) is 0 Å². The van der Waals surface area contributed by atoms with Crippen molar-refractivity contribution in [3.8, 4) is 0 Å². The molecule has 0 bridgehead atoms. The number of carbonyl (C=O) groups excluding carboxylic acids is 2. The molecule has 4 heteroatoms. The maximum Gasteiger partial charge on any atom is 0.318 e. The van der Waals surface area contributed by atoms with Gasteiger partial charge in [-0.25, -0.2) is 4.39 Å². The summed E-state index contributed by atoms with van der Waals surface area (Å²) in [7, 11) is 0. The fourth-order valence-electron chi connectivity index (χ4n) is 1.67. The second-order valence-electron chi connectivity index (χ2n) is 3.86. The van der Waals surface area contributed by atoms with Gasteiger partial charge in [-0.2, -0.15) is 0 Å². The fourth-order valence-corrected chi connectivity index (χ4v) is 1.67. The second-order valence-corrected chi connectivity index (χ2v) is 3.86. The number of benzene rings is 1. The molecule has 0 saturated heterocycles. The molecule has 0 aliphatic carbocycles. The van der Waals surface area contributed by atoms with Crippen LogP contribution in [0.4, 0.5) is 4.39 Å². The number of allylic oxidation sites excluding steroid dienone is 2. The predicted molar refractivity (Wildman–Crippen MR) is 58.5 cm³/mol. The Hall–Kier alpha value is -1.97. The maximum atomic E-state index is 12.9. The summed E-state index contributed by atoms with van der Waals surface area (Å²) in [5.74, 6) is -0.703. The predicted octanol–water partition coefficient (Wildman–Crippen LogP) is 2.16. The maximum absolute atomic E-state index is 12.9. The van der Waals surface area contributed by atoms with Gasteiger partial charge in [0, 0.05) is 12.5 Å². The Bertz CT molecular complexity index is 491. The molecule has 0 N–H and O–H groups in total. The zero-order valence-electron chi connectivity index (χ0n) is 9.11. The van der Waals surface area contributed by atoms with Crippen LogP contribution in [0.15, 0.2) is 36.1 Å². The molecule has 0 aromatic heterocycles. The smallest absolute Gasteiger partial charge is 0.318 e. The Morgan fingerprint density at radius 1 is 1.24 bits per heavy atom. The minimum Gasteiger partial charge on any atom is -0.431 e. The summed E-state index contributed by atoms with van der Waals surface area (Å²) in [4.78, 5) is 22.1. The van der Waals surface area contributed by atoms with Crippen LogP contribution in [0.25, 0.3) is 0 Å². The average Bonchev–Trinajstić information content (AvgIpc) is 2.25. The van der Waals surface area contributed by atoms with Gasteiger partial charge in [0.05, 0.1) is 0 Å². The molecule has 1 aromatic rings. The molecule has 3 nitrogen and oxygen atoms in total. The molecular weight excluding hydrogens is 223 g/mol. The Balaban J connectivity index is 1.98. The number of ether oxygens (including phenoxy) is 1. The SMILES string of the molecule is O=C1C=C(CCc2cccc(F)c2)OC(=O)C1. The van der Waals surface area contributed by atoms with E-state index >= 15 is 0 Å². The molecule has 0 fully saturated rings. The normalized spacial score (nSPS) is 15.5. The number of aryl methyl sites for hydroxylation is 1.